The summed E-state index contributed by atoms with van der Waals surface area (Å²) in [5, 5.41) is 2.94. The molecular weight excluding hydrogens is 342 g/mol. The zero-order valence-corrected chi connectivity index (χ0v) is 15.8. The maximum atomic E-state index is 11.9. The lowest BCUT2D eigenvalue weighted by molar-refractivity contribution is -0.121. The van der Waals surface area contributed by atoms with Crippen LogP contribution in [0.4, 0.5) is 0 Å². The summed E-state index contributed by atoms with van der Waals surface area (Å²) in [6.45, 7) is 3.14. The van der Waals surface area contributed by atoms with Crippen LogP contribution in [0.15, 0.2) is 48.7 Å². The Hall–Kier alpha value is -3.02. The van der Waals surface area contributed by atoms with Crippen LogP contribution in [0.2, 0.25) is 0 Å². The van der Waals surface area contributed by atoms with Crippen molar-refractivity contribution in [1.29, 1.82) is 0 Å². The van der Waals surface area contributed by atoms with Crippen LogP contribution in [0.5, 0.6) is 11.5 Å². The van der Waals surface area contributed by atoms with E-state index >= 15 is 0 Å². The molecule has 0 fully saturated rings. The van der Waals surface area contributed by atoms with Crippen molar-refractivity contribution in [1.82, 2.24) is 14.7 Å². The molecule has 0 radical (unpaired) electrons. The number of aromatic nitrogens is 2. The standard InChI is InChI=1S/C21H25N3O3/c1-16-5-3-6-20-23-17(15-24(16)20)12-13-22-21(25)7-4-14-27-19-10-8-18(26-2)9-11-19/h3,5-6,8-11,15H,4,7,12-14H2,1-2H3,(H,22,25). The van der Waals surface area contributed by atoms with Crippen LogP contribution in [0.25, 0.3) is 5.65 Å². The molecule has 3 aromatic rings. The van der Waals surface area contributed by atoms with Crippen molar-refractivity contribution in [3.8, 4) is 11.5 Å². The summed E-state index contributed by atoms with van der Waals surface area (Å²) in [7, 11) is 1.63. The van der Waals surface area contributed by atoms with E-state index in [1.165, 1.54) is 0 Å². The lowest BCUT2D eigenvalue weighted by atomic mass is 10.3. The number of benzene rings is 1. The Morgan fingerprint density at radius 3 is 2.67 bits per heavy atom. The Morgan fingerprint density at radius 1 is 1.15 bits per heavy atom. The minimum atomic E-state index is 0.0354. The molecule has 0 bridgehead atoms. The summed E-state index contributed by atoms with van der Waals surface area (Å²) >= 11 is 0. The largest absolute Gasteiger partial charge is 0.497 e. The molecule has 1 N–H and O–H groups in total. The van der Waals surface area contributed by atoms with E-state index in [1.54, 1.807) is 7.11 Å². The number of fused-ring (bicyclic) bond motifs is 1. The van der Waals surface area contributed by atoms with E-state index in [0.717, 1.165) is 35.0 Å². The van der Waals surface area contributed by atoms with Gasteiger partial charge in [-0.1, -0.05) is 6.07 Å². The van der Waals surface area contributed by atoms with Gasteiger partial charge in [-0.25, -0.2) is 4.98 Å². The molecular formula is C21H25N3O3. The van der Waals surface area contributed by atoms with E-state index in [4.69, 9.17) is 9.47 Å². The fraction of sp³-hybridized carbons (Fsp3) is 0.333. The Labute approximate surface area is 159 Å². The highest BCUT2D eigenvalue weighted by Crippen LogP contribution is 2.17. The van der Waals surface area contributed by atoms with Gasteiger partial charge in [0.25, 0.3) is 0 Å². The number of rotatable bonds is 9. The summed E-state index contributed by atoms with van der Waals surface area (Å²) in [6.07, 6.45) is 3.86. The van der Waals surface area contributed by atoms with E-state index in [-0.39, 0.29) is 5.91 Å². The summed E-state index contributed by atoms with van der Waals surface area (Å²) in [4.78, 5) is 16.5. The zero-order valence-electron chi connectivity index (χ0n) is 15.8. The van der Waals surface area contributed by atoms with Gasteiger partial charge >= 0.3 is 0 Å². The van der Waals surface area contributed by atoms with Gasteiger partial charge in [-0.2, -0.15) is 0 Å². The third-order valence-electron chi connectivity index (χ3n) is 4.33. The van der Waals surface area contributed by atoms with Crippen LogP contribution in [-0.2, 0) is 11.2 Å². The van der Waals surface area contributed by atoms with E-state index in [1.807, 2.05) is 55.6 Å². The molecule has 0 saturated carbocycles. The molecule has 142 valence electrons. The van der Waals surface area contributed by atoms with Crippen molar-refractivity contribution in [2.75, 3.05) is 20.3 Å². The molecule has 0 saturated heterocycles. The van der Waals surface area contributed by atoms with Gasteiger partial charge in [0.05, 0.1) is 19.4 Å². The molecule has 6 heteroatoms. The number of hydrogen-bond acceptors (Lipinski definition) is 4. The zero-order chi connectivity index (χ0) is 19.1. The first-order valence-corrected chi connectivity index (χ1v) is 9.13. The Kier molecular flexibility index (Phi) is 6.30. The normalized spacial score (nSPS) is 10.7. The highest BCUT2D eigenvalue weighted by Gasteiger charge is 2.05. The van der Waals surface area contributed by atoms with Crippen molar-refractivity contribution in [2.45, 2.75) is 26.2 Å². The molecule has 0 aliphatic rings. The van der Waals surface area contributed by atoms with Crippen LogP contribution in [0.1, 0.15) is 24.2 Å². The minimum Gasteiger partial charge on any atom is -0.497 e. The topological polar surface area (TPSA) is 64.9 Å². The van der Waals surface area contributed by atoms with E-state index in [2.05, 4.69) is 14.7 Å². The molecule has 0 unspecified atom stereocenters. The minimum absolute atomic E-state index is 0.0354. The maximum absolute atomic E-state index is 11.9. The second-order valence-corrected chi connectivity index (χ2v) is 6.36. The van der Waals surface area contributed by atoms with E-state index in [0.29, 0.717) is 26.0 Å². The van der Waals surface area contributed by atoms with Crippen LogP contribution >= 0.6 is 0 Å². The SMILES string of the molecule is COc1ccc(OCCCC(=O)NCCc2cn3c(C)cccc3n2)cc1. The van der Waals surface area contributed by atoms with E-state index in [9.17, 15) is 4.79 Å². The quantitative estimate of drug-likeness (QED) is 0.590. The molecule has 27 heavy (non-hydrogen) atoms. The Morgan fingerprint density at radius 2 is 1.93 bits per heavy atom. The predicted molar refractivity (Wildman–Crippen MR) is 104 cm³/mol. The number of pyridine rings is 1. The third-order valence-corrected chi connectivity index (χ3v) is 4.33. The predicted octanol–water partition coefficient (Wildman–Crippen LogP) is 3.17. The highest BCUT2D eigenvalue weighted by atomic mass is 16.5. The monoisotopic (exact) mass is 367 g/mol. The molecule has 0 spiro atoms. The first-order valence-electron chi connectivity index (χ1n) is 9.13. The van der Waals surface area contributed by atoms with Crippen LogP contribution in [0.3, 0.4) is 0 Å². The molecule has 2 aromatic heterocycles. The second kappa shape index (κ2) is 9.07. The number of ether oxygens (including phenoxy) is 2. The number of amides is 1. The smallest absolute Gasteiger partial charge is 0.220 e. The summed E-state index contributed by atoms with van der Waals surface area (Å²) in [6, 6.07) is 13.4. The maximum Gasteiger partial charge on any atom is 0.220 e. The number of nitrogens with zero attached hydrogens (tertiary/aromatic N) is 2. The van der Waals surface area contributed by atoms with Gasteiger partial charge in [-0.3, -0.25) is 4.79 Å². The third kappa shape index (κ3) is 5.23. The van der Waals surface area contributed by atoms with Gasteiger partial charge < -0.3 is 19.2 Å². The van der Waals surface area contributed by atoms with Crippen molar-refractivity contribution >= 4 is 11.6 Å². The van der Waals surface area contributed by atoms with Crippen molar-refractivity contribution in [3.05, 3.63) is 60.0 Å². The molecule has 0 atom stereocenters. The number of nitrogens with one attached hydrogen (secondary N) is 1. The van der Waals surface area contributed by atoms with Crippen molar-refractivity contribution in [2.24, 2.45) is 0 Å². The van der Waals surface area contributed by atoms with E-state index < -0.39 is 0 Å². The van der Waals surface area contributed by atoms with Gasteiger partial charge in [0, 0.05) is 31.3 Å². The van der Waals surface area contributed by atoms with Gasteiger partial charge in [0.2, 0.25) is 5.91 Å². The van der Waals surface area contributed by atoms with Gasteiger partial charge in [-0.15, -0.1) is 0 Å². The van der Waals surface area contributed by atoms with Gasteiger partial charge in [0.1, 0.15) is 17.1 Å². The number of hydrogen-bond donors (Lipinski definition) is 1. The fourth-order valence-electron chi connectivity index (χ4n) is 2.83. The molecule has 2 heterocycles. The molecule has 1 aromatic carbocycles. The van der Waals surface area contributed by atoms with Crippen molar-refractivity contribution in [3.63, 3.8) is 0 Å². The first kappa shape index (κ1) is 18.8. The molecule has 0 aliphatic heterocycles. The van der Waals surface area contributed by atoms with Crippen LogP contribution in [-0.4, -0.2) is 35.6 Å². The molecule has 0 aliphatic carbocycles. The molecule has 3 rings (SSSR count). The second-order valence-electron chi connectivity index (χ2n) is 6.36. The molecule has 1 amide bonds. The summed E-state index contributed by atoms with van der Waals surface area (Å²) in [5.74, 6) is 1.61. The summed E-state index contributed by atoms with van der Waals surface area (Å²) in [5.41, 5.74) is 3.06. The van der Waals surface area contributed by atoms with Crippen molar-refractivity contribution < 1.29 is 14.3 Å². The fourth-order valence-corrected chi connectivity index (χ4v) is 2.83. The lowest BCUT2D eigenvalue weighted by Gasteiger charge is -2.07. The highest BCUT2D eigenvalue weighted by molar-refractivity contribution is 5.75. The number of methoxy groups -OCH3 is 1. The average molecular weight is 367 g/mol. The van der Waals surface area contributed by atoms with Crippen LogP contribution < -0.4 is 14.8 Å². The Balaban J connectivity index is 1.33. The number of aryl methyl sites for hydroxylation is 1. The van der Waals surface area contributed by atoms with Crippen LogP contribution in [0, 0.1) is 6.92 Å². The average Bonchev–Trinajstić information content (AvgIpc) is 3.10. The molecule has 6 nitrogen and oxygen atoms in total. The van der Waals surface area contributed by atoms with Gasteiger partial charge in [0.15, 0.2) is 0 Å². The lowest BCUT2D eigenvalue weighted by Crippen LogP contribution is -2.25. The number of imidazole rings is 1. The number of carbonyl (C=O) groups is 1. The Bertz CT molecular complexity index is 887. The number of carbonyl (C=O) groups excluding carboxylic acids is 1. The summed E-state index contributed by atoms with van der Waals surface area (Å²) < 4.78 is 12.8. The first-order chi connectivity index (χ1) is 13.2. The van der Waals surface area contributed by atoms with Gasteiger partial charge in [-0.05, 0) is 49.7 Å².